The fraction of sp³-hybridized carbons (Fsp3) is 0.846. The Labute approximate surface area is 107 Å². The van der Waals surface area contributed by atoms with Crippen LogP contribution in [0.4, 0.5) is 0 Å². The van der Waals surface area contributed by atoms with Gasteiger partial charge in [-0.05, 0) is 31.6 Å². The van der Waals surface area contributed by atoms with Crippen molar-refractivity contribution in [3.05, 3.63) is 11.7 Å². The van der Waals surface area contributed by atoms with Crippen LogP contribution in [0.1, 0.15) is 63.3 Å². The van der Waals surface area contributed by atoms with Crippen LogP contribution in [-0.4, -0.2) is 16.7 Å². The van der Waals surface area contributed by atoms with Crippen molar-refractivity contribution in [2.75, 3.05) is 6.61 Å². The monoisotopic (exact) mass is 251 g/mol. The van der Waals surface area contributed by atoms with Gasteiger partial charge in [0.05, 0.1) is 5.54 Å². The summed E-state index contributed by atoms with van der Waals surface area (Å²) in [6, 6.07) is 0. The van der Waals surface area contributed by atoms with Gasteiger partial charge in [0.2, 0.25) is 0 Å². The van der Waals surface area contributed by atoms with Crippen LogP contribution < -0.4 is 5.73 Å². The predicted octanol–water partition coefficient (Wildman–Crippen LogP) is 2.29. The van der Waals surface area contributed by atoms with Gasteiger partial charge in [0, 0.05) is 6.61 Å². The standard InChI is InChI=1S/C13H21N3O2/c1-9-4-2-6-13(14,8-9)12-15-11(18-16-12)10-5-3-7-17-10/h9-10H,2-8,14H2,1H3. The molecule has 2 aliphatic rings. The summed E-state index contributed by atoms with van der Waals surface area (Å²) >= 11 is 0. The second kappa shape index (κ2) is 4.63. The van der Waals surface area contributed by atoms with Crippen LogP contribution in [0.2, 0.25) is 0 Å². The lowest BCUT2D eigenvalue weighted by atomic mass is 9.76. The van der Waals surface area contributed by atoms with Crippen molar-refractivity contribution in [2.24, 2.45) is 11.7 Å². The molecule has 1 aromatic heterocycles. The lowest BCUT2D eigenvalue weighted by Crippen LogP contribution is -2.42. The first-order valence-electron chi connectivity index (χ1n) is 6.92. The van der Waals surface area contributed by atoms with Gasteiger partial charge in [0.25, 0.3) is 5.89 Å². The first kappa shape index (κ1) is 12.1. The topological polar surface area (TPSA) is 74.2 Å². The van der Waals surface area contributed by atoms with Crippen LogP contribution in [-0.2, 0) is 10.3 Å². The molecule has 0 spiro atoms. The Kier molecular flexibility index (Phi) is 3.11. The minimum Gasteiger partial charge on any atom is -0.368 e. The van der Waals surface area contributed by atoms with E-state index in [9.17, 15) is 0 Å². The average Bonchev–Trinajstić information content (AvgIpc) is 3.00. The van der Waals surface area contributed by atoms with E-state index >= 15 is 0 Å². The molecule has 1 aromatic rings. The molecule has 1 saturated heterocycles. The highest BCUT2D eigenvalue weighted by molar-refractivity contribution is 5.07. The normalized spacial score (nSPS) is 37.0. The zero-order valence-corrected chi connectivity index (χ0v) is 10.9. The second-order valence-electron chi connectivity index (χ2n) is 5.82. The van der Waals surface area contributed by atoms with Crippen molar-refractivity contribution in [3.8, 4) is 0 Å². The quantitative estimate of drug-likeness (QED) is 0.872. The van der Waals surface area contributed by atoms with E-state index < -0.39 is 5.54 Å². The summed E-state index contributed by atoms with van der Waals surface area (Å²) in [5.41, 5.74) is 6.05. The summed E-state index contributed by atoms with van der Waals surface area (Å²) in [4.78, 5) is 4.49. The molecule has 2 heterocycles. The maximum absolute atomic E-state index is 6.46. The van der Waals surface area contributed by atoms with E-state index in [4.69, 9.17) is 15.0 Å². The molecule has 3 atom stereocenters. The van der Waals surface area contributed by atoms with E-state index in [-0.39, 0.29) is 6.10 Å². The Morgan fingerprint density at radius 2 is 2.22 bits per heavy atom. The molecule has 1 aliphatic heterocycles. The lowest BCUT2D eigenvalue weighted by molar-refractivity contribution is 0.0835. The number of ether oxygens (including phenoxy) is 1. The molecule has 3 rings (SSSR count). The minimum atomic E-state index is -0.405. The van der Waals surface area contributed by atoms with E-state index in [2.05, 4.69) is 17.1 Å². The molecule has 3 unspecified atom stereocenters. The van der Waals surface area contributed by atoms with E-state index in [1.54, 1.807) is 0 Å². The molecule has 0 radical (unpaired) electrons. The highest BCUT2D eigenvalue weighted by atomic mass is 16.5. The van der Waals surface area contributed by atoms with Gasteiger partial charge in [0.15, 0.2) is 5.82 Å². The fourth-order valence-electron chi connectivity index (χ4n) is 3.14. The SMILES string of the molecule is CC1CCCC(N)(c2noc(C3CCCO3)n2)C1. The molecule has 0 bridgehead atoms. The molecule has 5 nitrogen and oxygen atoms in total. The van der Waals surface area contributed by atoms with E-state index in [1.807, 2.05) is 0 Å². The zero-order chi connectivity index (χ0) is 12.6. The smallest absolute Gasteiger partial charge is 0.255 e. The molecular formula is C13H21N3O2. The van der Waals surface area contributed by atoms with Crippen molar-refractivity contribution in [3.63, 3.8) is 0 Å². The maximum Gasteiger partial charge on any atom is 0.255 e. The van der Waals surface area contributed by atoms with E-state index in [1.165, 1.54) is 6.42 Å². The second-order valence-corrected chi connectivity index (χ2v) is 5.82. The zero-order valence-electron chi connectivity index (χ0n) is 10.9. The van der Waals surface area contributed by atoms with E-state index in [0.717, 1.165) is 38.7 Å². The van der Waals surface area contributed by atoms with Gasteiger partial charge in [-0.3, -0.25) is 0 Å². The molecule has 2 fully saturated rings. The Balaban J connectivity index is 1.79. The highest BCUT2D eigenvalue weighted by Gasteiger charge is 2.38. The van der Waals surface area contributed by atoms with Crippen LogP contribution in [0.15, 0.2) is 4.52 Å². The molecule has 100 valence electrons. The van der Waals surface area contributed by atoms with Crippen LogP contribution in [0.3, 0.4) is 0 Å². The van der Waals surface area contributed by atoms with Crippen molar-refractivity contribution < 1.29 is 9.26 Å². The summed E-state index contributed by atoms with van der Waals surface area (Å²) in [6.07, 6.45) is 6.29. The Hall–Kier alpha value is -0.940. The maximum atomic E-state index is 6.46. The van der Waals surface area contributed by atoms with Gasteiger partial charge < -0.3 is 15.0 Å². The number of nitrogens with two attached hydrogens (primary N) is 1. The molecule has 5 heteroatoms. The first-order valence-corrected chi connectivity index (χ1v) is 6.92. The van der Waals surface area contributed by atoms with Crippen molar-refractivity contribution in [2.45, 2.75) is 57.1 Å². The molecule has 18 heavy (non-hydrogen) atoms. The summed E-state index contributed by atoms with van der Waals surface area (Å²) in [7, 11) is 0. The molecule has 0 amide bonds. The fourth-order valence-corrected chi connectivity index (χ4v) is 3.14. The molecule has 0 aromatic carbocycles. The minimum absolute atomic E-state index is 0.0177. The largest absolute Gasteiger partial charge is 0.368 e. The summed E-state index contributed by atoms with van der Waals surface area (Å²) in [5.74, 6) is 1.90. The third kappa shape index (κ3) is 2.17. The van der Waals surface area contributed by atoms with Crippen molar-refractivity contribution in [1.82, 2.24) is 10.1 Å². The van der Waals surface area contributed by atoms with Crippen molar-refractivity contribution in [1.29, 1.82) is 0 Å². The van der Waals surface area contributed by atoms with Crippen molar-refractivity contribution >= 4 is 0 Å². The van der Waals surface area contributed by atoms with Gasteiger partial charge in [-0.1, -0.05) is 24.9 Å². The highest BCUT2D eigenvalue weighted by Crippen LogP contribution is 2.37. The van der Waals surface area contributed by atoms with Crippen LogP contribution >= 0.6 is 0 Å². The van der Waals surface area contributed by atoms with Gasteiger partial charge in [-0.15, -0.1) is 0 Å². The van der Waals surface area contributed by atoms with E-state index in [0.29, 0.717) is 17.6 Å². The molecule has 2 N–H and O–H groups in total. The number of hydrogen-bond donors (Lipinski definition) is 1. The van der Waals surface area contributed by atoms with Gasteiger partial charge >= 0.3 is 0 Å². The van der Waals surface area contributed by atoms with Crippen LogP contribution in [0.25, 0.3) is 0 Å². The van der Waals surface area contributed by atoms with Gasteiger partial charge in [-0.2, -0.15) is 4.98 Å². The number of hydrogen-bond acceptors (Lipinski definition) is 5. The Bertz CT molecular complexity index is 414. The molecule has 1 saturated carbocycles. The number of rotatable bonds is 2. The Morgan fingerprint density at radius 3 is 2.94 bits per heavy atom. The molecule has 1 aliphatic carbocycles. The van der Waals surface area contributed by atoms with Gasteiger partial charge in [-0.25, -0.2) is 0 Å². The third-order valence-corrected chi connectivity index (χ3v) is 4.12. The van der Waals surface area contributed by atoms with Crippen LogP contribution in [0.5, 0.6) is 0 Å². The summed E-state index contributed by atoms with van der Waals surface area (Å²) < 4.78 is 10.9. The van der Waals surface area contributed by atoms with Crippen LogP contribution in [0, 0.1) is 5.92 Å². The average molecular weight is 251 g/mol. The number of nitrogens with zero attached hydrogens (tertiary/aromatic N) is 2. The lowest BCUT2D eigenvalue weighted by Gasteiger charge is -2.33. The molecular weight excluding hydrogens is 230 g/mol. The summed E-state index contributed by atoms with van der Waals surface area (Å²) in [5, 5.41) is 4.10. The predicted molar refractivity (Wildman–Crippen MR) is 65.7 cm³/mol. The summed E-state index contributed by atoms with van der Waals surface area (Å²) in [6.45, 7) is 3.02. The first-order chi connectivity index (χ1) is 8.67. The Morgan fingerprint density at radius 1 is 1.33 bits per heavy atom. The van der Waals surface area contributed by atoms with Gasteiger partial charge in [0.1, 0.15) is 6.10 Å². The third-order valence-electron chi connectivity index (χ3n) is 4.12. The number of aromatic nitrogens is 2.